The van der Waals surface area contributed by atoms with E-state index in [0.29, 0.717) is 19.3 Å². The van der Waals surface area contributed by atoms with Crippen LogP contribution in [-0.2, 0) is 28.6 Å². The maximum Gasteiger partial charge on any atom is 0.306 e. The Morgan fingerprint density at radius 3 is 0.851 bits per heavy atom. The van der Waals surface area contributed by atoms with Crippen LogP contribution >= 0.6 is 0 Å². The van der Waals surface area contributed by atoms with E-state index in [2.05, 4.69) is 69.4 Å². The molecule has 0 saturated heterocycles. The molecule has 390 valence electrons. The maximum atomic E-state index is 12.8. The smallest absolute Gasteiger partial charge is 0.306 e. The van der Waals surface area contributed by atoms with Gasteiger partial charge in [-0.05, 0) is 83.5 Å². The van der Waals surface area contributed by atoms with E-state index in [1.54, 1.807) is 0 Å². The second kappa shape index (κ2) is 56.0. The largest absolute Gasteiger partial charge is 0.462 e. The first kappa shape index (κ1) is 64.4. The third kappa shape index (κ3) is 54.2. The summed E-state index contributed by atoms with van der Waals surface area (Å²) in [6.07, 6.45) is 68.4. The van der Waals surface area contributed by atoms with Crippen molar-refractivity contribution in [2.75, 3.05) is 13.2 Å². The highest BCUT2D eigenvalue weighted by Gasteiger charge is 2.19. The molecule has 0 N–H and O–H groups in total. The number of carbonyl (C=O) groups excluding carboxylic acids is 3. The zero-order chi connectivity index (χ0) is 48.6. The van der Waals surface area contributed by atoms with Gasteiger partial charge in [-0.1, -0.05) is 249 Å². The van der Waals surface area contributed by atoms with Crippen molar-refractivity contribution in [3.05, 3.63) is 48.6 Å². The molecule has 0 aromatic heterocycles. The average molecular weight is 940 g/mol. The molecule has 0 aliphatic rings. The Morgan fingerprint density at radius 1 is 0.299 bits per heavy atom. The summed E-state index contributed by atoms with van der Waals surface area (Å²) in [5.41, 5.74) is 0. The summed E-state index contributed by atoms with van der Waals surface area (Å²) in [5.74, 6) is -0.886. The van der Waals surface area contributed by atoms with Crippen LogP contribution in [0, 0.1) is 0 Å². The minimum absolute atomic E-state index is 0.0766. The van der Waals surface area contributed by atoms with E-state index >= 15 is 0 Å². The molecule has 1 unspecified atom stereocenters. The lowest BCUT2D eigenvalue weighted by atomic mass is 10.1. The molecule has 0 aliphatic carbocycles. The summed E-state index contributed by atoms with van der Waals surface area (Å²) in [6.45, 7) is 6.60. The van der Waals surface area contributed by atoms with Crippen molar-refractivity contribution in [1.29, 1.82) is 0 Å². The molecule has 0 saturated carbocycles. The Hall–Kier alpha value is -2.63. The van der Waals surface area contributed by atoms with Gasteiger partial charge in [0.25, 0.3) is 0 Å². The molecule has 0 aliphatic heterocycles. The molecule has 1 atom stereocenters. The second-order valence-corrected chi connectivity index (χ2v) is 19.6. The number of ether oxygens (including phenoxy) is 3. The lowest BCUT2D eigenvalue weighted by Crippen LogP contribution is -2.30. The summed E-state index contributed by atoms with van der Waals surface area (Å²) >= 11 is 0. The lowest BCUT2D eigenvalue weighted by Gasteiger charge is -2.18. The molecule has 0 fully saturated rings. The van der Waals surface area contributed by atoms with Gasteiger partial charge in [-0.2, -0.15) is 0 Å². The summed E-state index contributed by atoms with van der Waals surface area (Å²) in [4.78, 5) is 38.0. The molecular formula is C61H110O6. The molecule has 0 bridgehead atoms. The van der Waals surface area contributed by atoms with E-state index in [9.17, 15) is 14.4 Å². The number of esters is 3. The summed E-state index contributed by atoms with van der Waals surface area (Å²) in [6, 6.07) is 0. The van der Waals surface area contributed by atoms with Crippen molar-refractivity contribution in [3.63, 3.8) is 0 Å². The van der Waals surface area contributed by atoms with Gasteiger partial charge in [-0.15, -0.1) is 0 Å². The molecule has 0 amide bonds. The zero-order valence-corrected chi connectivity index (χ0v) is 44.7. The fourth-order valence-electron chi connectivity index (χ4n) is 8.39. The topological polar surface area (TPSA) is 78.9 Å². The zero-order valence-electron chi connectivity index (χ0n) is 44.7. The van der Waals surface area contributed by atoms with E-state index in [0.717, 1.165) is 77.0 Å². The molecule has 0 rings (SSSR count). The van der Waals surface area contributed by atoms with E-state index in [1.165, 1.54) is 186 Å². The van der Waals surface area contributed by atoms with Crippen LogP contribution in [0.3, 0.4) is 0 Å². The Bertz CT molecular complexity index is 1170. The third-order valence-electron chi connectivity index (χ3n) is 12.8. The number of rotatable bonds is 53. The van der Waals surface area contributed by atoms with Crippen LogP contribution in [0.4, 0.5) is 0 Å². The molecule has 0 heterocycles. The van der Waals surface area contributed by atoms with Crippen LogP contribution in [0.15, 0.2) is 48.6 Å². The maximum absolute atomic E-state index is 12.8. The highest BCUT2D eigenvalue weighted by Crippen LogP contribution is 2.16. The first-order valence-corrected chi connectivity index (χ1v) is 29.1. The molecular weight excluding hydrogens is 829 g/mol. The van der Waals surface area contributed by atoms with E-state index in [4.69, 9.17) is 14.2 Å². The number of hydrogen-bond acceptors (Lipinski definition) is 6. The van der Waals surface area contributed by atoms with Crippen molar-refractivity contribution in [3.8, 4) is 0 Å². The molecule has 0 radical (unpaired) electrons. The fraction of sp³-hybridized carbons (Fsp3) is 0.820. The Balaban J connectivity index is 4.21. The SMILES string of the molecule is CCCCCCC/C=C\C/C=C\C/C=C\CCCCCCCCC(=O)OCC(COC(=O)CCCCCCCCC)OC(=O)CCCCCCCCCCC/C=C\CCCCCCCCCC. The summed E-state index contributed by atoms with van der Waals surface area (Å²) in [5, 5.41) is 0. The van der Waals surface area contributed by atoms with Crippen LogP contribution < -0.4 is 0 Å². The van der Waals surface area contributed by atoms with Gasteiger partial charge in [0.2, 0.25) is 0 Å². The second-order valence-electron chi connectivity index (χ2n) is 19.6. The molecule has 0 aromatic carbocycles. The van der Waals surface area contributed by atoms with Crippen molar-refractivity contribution in [1.82, 2.24) is 0 Å². The average Bonchev–Trinajstić information content (AvgIpc) is 3.33. The van der Waals surface area contributed by atoms with Gasteiger partial charge in [0.05, 0.1) is 0 Å². The van der Waals surface area contributed by atoms with Gasteiger partial charge >= 0.3 is 17.9 Å². The van der Waals surface area contributed by atoms with Gasteiger partial charge in [0, 0.05) is 19.3 Å². The molecule has 6 nitrogen and oxygen atoms in total. The highest BCUT2D eigenvalue weighted by molar-refractivity contribution is 5.71. The number of hydrogen-bond donors (Lipinski definition) is 0. The van der Waals surface area contributed by atoms with Crippen LogP contribution in [0.2, 0.25) is 0 Å². The number of allylic oxidation sites excluding steroid dienone is 8. The molecule has 67 heavy (non-hydrogen) atoms. The Labute approximate surface area is 416 Å². The summed E-state index contributed by atoms with van der Waals surface area (Å²) in [7, 11) is 0. The minimum atomic E-state index is -0.776. The van der Waals surface area contributed by atoms with Gasteiger partial charge in [-0.3, -0.25) is 14.4 Å². The molecule has 6 heteroatoms. The van der Waals surface area contributed by atoms with Crippen molar-refractivity contribution in [2.24, 2.45) is 0 Å². The van der Waals surface area contributed by atoms with E-state index in [-0.39, 0.29) is 31.1 Å². The normalized spacial score (nSPS) is 12.3. The Kier molecular flexibility index (Phi) is 53.8. The van der Waals surface area contributed by atoms with Crippen LogP contribution in [-0.4, -0.2) is 37.2 Å². The molecule has 0 spiro atoms. The third-order valence-corrected chi connectivity index (χ3v) is 12.8. The Morgan fingerprint density at radius 2 is 0.537 bits per heavy atom. The monoisotopic (exact) mass is 939 g/mol. The van der Waals surface area contributed by atoms with Gasteiger partial charge in [0.1, 0.15) is 13.2 Å². The summed E-state index contributed by atoms with van der Waals surface area (Å²) < 4.78 is 16.8. The van der Waals surface area contributed by atoms with Crippen molar-refractivity contribution < 1.29 is 28.6 Å². The van der Waals surface area contributed by atoms with E-state index in [1.807, 2.05) is 0 Å². The van der Waals surface area contributed by atoms with Gasteiger partial charge in [-0.25, -0.2) is 0 Å². The first-order chi connectivity index (χ1) is 33.0. The number of carbonyl (C=O) groups is 3. The number of unbranched alkanes of at least 4 members (excludes halogenated alkanes) is 34. The van der Waals surface area contributed by atoms with Gasteiger partial charge in [0.15, 0.2) is 6.10 Å². The first-order valence-electron chi connectivity index (χ1n) is 29.1. The standard InChI is InChI=1S/C61H110O6/c1-4-7-10-13-16-18-20-22-24-26-28-30-32-34-36-38-40-42-45-48-51-54-60(63)66-57-58(56-65-59(62)53-50-47-44-15-12-9-6-3)67-61(64)55-52-49-46-43-41-39-37-35-33-31-29-27-25-23-21-19-17-14-11-8-5-2/h20,22,26-29,32,34,58H,4-19,21,23-25,30-31,33,35-57H2,1-3H3/b22-20-,28-26-,29-27-,34-32-. The van der Waals surface area contributed by atoms with Crippen molar-refractivity contribution in [2.45, 2.75) is 309 Å². The minimum Gasteiger partial charge on any atom is -0.462 e. The lowest BCUT2D eigenvalue weighted by molar-refractivity contribution is -0.167. The van der Waals surface area contributed by atoms with Gasteiger partial charge < -0.3 is 14.2 Å². The fourth-order valence-corrected chi connectivity index (χ4v) is 8.39. The quantitative estimate of drug-likeness (QED) is 0.0262. The van der Waals surface area contributed by atoms with E-state index < -0.39 is 6.10 Å². The van der Waals surface area contributed by atoms with Crippen molar-refractivity contribution >= 4 is 17.9 Å². The highest BCUT2D eigenvalue weighted by atomic mass is 16.6. The predicted octanol–water partition coefficient (Wildman–Crippen LogP) is 19.4. The molecule has 0 aromatic rings. The van der Waals surface area contributed by atoms with Crippen LogP contribution in [0.1, 0.15) is 303 Å². The van der Waals surface area contributed by atoms with Crippen LogP contribution in [0.5, 0.6) is 0 Å². The predicted molar refractivity (Wildman–Crippen MR) is 289 cm³/mol. The van der Waals surface area contributed by atoms with Crippen LogP contribution in [0.25, 0.3) is 0 Å².